The summed E-state index contributed by atoms with van der Waals surface area (Å²) in [6.07, 6.45) is 0. The molecule has 2 aliphatic heterocycles. The number of sulfonamides is 1. The van der Waals surface area contributed by atoms with Gasteiger partial charge in [-0.1, -0.05) is 18.2 Å². The quantitative estimate of drug-likeness (QED) is 0.371. The Kier molecular flexibility index (Phi) is 9.11. The minimum Gasteiger partial charge on any atom is -0.497 e. The van der Waals surface area contributed by atoms with Crippen LogP contribution in [0.25, 0.3) is 0 Å². The summed E-state index contributed by atoms with van der Waals surface area (Å²) in [6, 6.07) is 25.0. The molecule has 2 aliphatic rings. The largest absolute Gasteiger partial charge is 0.497 e. The van der Waals surface area contributed by atoms with Gasteiger partial charge in [0.05, 0.1) is 32.5 Å². The van der Waals surface area contributed by atoms with Crippen LogP contribution >= 0.6 is 0 Å². The zero-order valence-electron chi connectivity index (χ0n) is 23.4. The second-order valence-electron chi connectivity index (χ2n) is 10.2. The van der Waals surface area contributed by atoms with Crippen LogP contribution in [0.2, 0.25) is 0 Å². The third-order valence-corrected chi connectivity index (χ3v) is 9.49. The average molecular weight is 566 g/mol. The number of rotatable bonds is 10. The summed E-state index contributed by atoms with van der Waals surface area (Å²) in [6.45, 7) is 7.25. The van der Waals surface area contributed by atoms with E-state index in [1.807, 2.05) is 30.3 Å². The van der Waals surface area contributed by atoms with Crippen molar-refractivity contribution in [3.63, 3.8) is 0 Å². The van der Waals surface area contributed by atoms with Crippen molar-refractivity contribution in [1.82, 2.24) is 14.1 Å². The summed E-state index contributed by atoms with van der Waals surface area (Å²) in [5.74, 6) is 1.68. The number of hydrogen-bond donors (Lipinski definition) is 0. The van der Waals surface area contributed by atoms with Gasteiger partial charge in [0.2, 0.25) is 10.0 Å². The fourth-order valence-electron chi connectivity index (χ4n) is 5.27. The molecule has 0 N–H and O–H groups in total. The predicted octanol–water partition coefficient (Wildman–Crippen LogP) is 3.25. The molecule has 0 atom stereocenters. The van der Waals surface area contributed by atoms with Crippen LogP contribution in [0.5, 0.6) is 11.5 Å². The smallest absolute Gasteiger partial charge is 0.245 e. The third-order valence-electron chi connectivity index (χ3n) is 7.72. The van der Waals surface area contributed by atoms with E-state index in [0.29, 0.717) is 18.2 Å². The van der Waals surface area contributed by atoms with E-state index in [1.165, 1.54) is 0 Å². The van der Waals surface area contributed by atoms with Crippen molar-refractivity contribution < 1.29 is 17.9 Å². The van der Waals surface area contributed by atoms with Crippen molar-refractivity contribution in [3.05, 3.63) is 78.9 Å². The first kappa shape index (κ1) is 28.2. The molecule has 0 bridgehead atoms. The van der Waals surface area contributed by atoms with E-state index in [1.54, 1.807) is 42.8 Å². The van der Waals surface area contributed by atoms with Gasteiger partial charge in [-0.25, -0.2) is 8.42 Å². The summed E-state index contributed by atoms with van der Waals surface area (Å²) in [4.78, 5) is 9.50. The first-order valence-electron chi connectivity index (χ1n) is 13.7. The minimum atomic E-state index is -3.65. The highest BCUT2D eigenvalue weighted by Crippen LogP contribution is 2.24. The van der Waals surface area contributed by atoms with Crippen LogP contribution < -0.4 is 19.3 Å². The van der Waals surface area contributed by atoms with E-state index in [0.717, 1.165) is 75.2 Å². The van der Waals surface area contributed by atoms with Gasteiger partial charge in [-0.15, -0.1) is 0 Å². The van der Waals surface area contributed by atoms with Crippen LogP contribution in [-0.2, 0) is 10.0 Å². The predicted molar refractivity (Wildman–Crippen MR) is 159 cm³/mol. The summed E-state index contributed by atoms with van der Waals surface area (Å²) in [5, 5.41) is 0. The van der Waals surface area contributed by atoms with Crippen LogP contribution in [0.15, 0.2) is 83.8 Å². The number of methoxy groups -OCH3 is 2. The molecule has 5 rings (SSSR count). The molecule has 40 heavy (non-hydrogen) atoms. The summed E-state index contributed by atoms with van der Waals surface area (Å²) in [7, 11) is -0.311. The van der Waals surface area contributed by atoms with Gasteiger partial charge in [0.25, 0.3) is 0 Å². The Morgan fingerprint density at radius 2 is 1.00 bits per heavy atom. The lowest BCUT2D eigenvalue weighted by Gasteiger charge is -2.41. The highest BCUT2D eigenvalue weighted by atomic mass is 32.2. The van der Waals surface area contributed by atoms with Crippen molar-refractivity contribution in [2.75, 3.05) is 89.7 Å². The number of ether oxygens (including phenoxy) is 2. The average Bonchev–Trinajstić information content (AvgIpc) is 3.02. The lowest BCUT2D eigenvalue weighted by atomic mass is 10.2. The highest BCUT2D eigenvalue weighted by Gasteiger charge is 2.30. The fraction of sp³-hybridized carbons (Fsp3) is 0.400. The highest BCUT2D eigenvalue weighted by molar-refractivity contribution is 7.89. The maximum Gasteiger partial charge on any atom is 0.245 e. The molecule has 2 heterocycles. The van der Waals surface area contributed by atoms with E-state index >= 15 is 0 Å². The van der Waals surface area contributed by atoms with Gasteiger partial charge in [-0.05, 0) is 60.7 Å². The number of benzene rings is 3. The van der Waals surface area contributed by atoms with E-state index in [2.05, 4.69) is 43.9 Å². The van der Waals surface area contributed by atoms with E-state index in [9.17, 15) is 8.42 Å². The molecule has 214 valence electrons. The van der Waals surface area contributed by atoms with Gasteiger partial charge in [0, 0.05) is 63.7 Å². The van der Waals surface area contributed by atoms with Crippen molar-refractivity contribution in [3.8, 4) is 11.5 Å². The number of anilines is 2. The van der Waals surface area contributed by atoms with Gasteiger partial charge in [0.1, 0.15) is 11.5 Å². The lowest BCUT2D eigenvalue weighted by molar-refractivity contribution is 0.122. The first-order valence-corrected chi connectivity index (χ1v) is 15.2. The Bertz CT molecular complexity index is 1240. The maximum absolute atomic E-state index is 13.8. The summed E-state index contributed by atoms with van der Waals surface area (Å²) in [5.41, 5.74) is 2.31. The standard InChI is InChI=1S/C30H39N5O4S/c1-38-28-12-8-26(9-13-28)33-20-16-31(17-21-33)24-35(40(36,37)30-6-4-3-5-7-30)25-32-18-22-34(23-19-32)27-10-14-29(39-2)15-11-27/h3-15H,16-25H2,1-2H3. The molecule has 0 radical (unpaired) electrons. The second kappa shape index (κ2) is 12.9. The Hall–Kier alpha value is -3.31. The van der Waals surface area contributed by atoms with E-state index in [4.69, 9.17) is 9.47 Å². The fourth-order valence-corrected chi connectivity index (χ4v) is 6.70. The van der Waals surface area contributed by atoms with Gasteiger partial charge >= 0.3 is 0 Å². The van der Waals surface area contributed by atoms with Crippen molar-refractivity contribution in [2.45, 2.75) is 4.90 Å². The third kappa shape index (κ3) is 6.69. The number of nitrogens with zero attached hydrogens (tertiary/aromatic N) is 5. The van der Waals surface area contributed by atoms with Crippen LogP contribution in [0.4, 0.5) is 11.4 Å². The van der Waals surface area contributed by atoms with Crippen molar-refractivity contribution in [1.29, 1.82) is 0 Å². The molecule has 0 unspecified atom stereocenters. The molecule has 2 fully saturated rings. The molecule has 3 aromatic rings. The molecular weight excluding hydrogens is 526 g/mol. The lowest BCUT2D eigenvalue weighted by Crippen LogP contribution is -2.55. The molecule has 3 aromatic carbocycles. The van der Waals surface area contributed by atoms with Gasteiger partial charge in [0.15, 0.2) is 0 Å². The summed E-state index contributed by atoms with van der Waals surface area (Å²) < 4.78 is 39.8. The van der Waals surface area contributed by atoms with Gasteiger partial charge in [-0.2, -0.15) is 4.31 Å². The second-order valence-corrected chi connectivity index (χ2v) is 12.1. The maximum atomic E-state index is 13.8. The zero-order valence-corrected chi connectivity index (χ0v) is 24.2. The monoisotopic (exact) mass is 565 g/mol. The van der Waals surface area contributed by atoms with Crippen LogP contribution in [0, 0.1) is 0 Å². The molecular formula is C30H39N5O4S. The number of hydrogen-bond acceptors (Lipinski definition) is 8. The number of piperazine rings is 2. The van der Waals surface area contributed by atoms with Crippen molar-refractivity contribution >= 4 is 21.4 Å². The van der Waals surface area contributed by atoms with E-state index in [-0.39, 0.29) is 0 Å². The molecule has 0 amide bonds. The first-order chi connectivity index (χ1) is 19.5. The Balaban J connectivity index is 1.23. The Morgan fingerprint density at radius 3 is 1.38 bits per heavy atom. The van der Waals surface area contributed by atoms with Gasteiger partial charge < -0.3 is 19.3 Å². The minimum absolute atomic E-state index is 0.337. The van der Waals surface area contributed by atoms with Crippen LogP contribution in [0.1, 0.15) is 0 Å². The van der Waals surface area contributed by atoms with E-state index < -0.39 is 10.0 Å². The molecule has 0 spiro atoms. The normalized spacial score (nSPS) is 17.3. The van der Waals surface area contributed by atoms with Crippen LogP contribution in [-0.4, -0.2) is 102 Å². The molecule has 10 heteroatoms. The molecule has 0 aliphatic carbocycles. The van der Waals surface area contributed by atoms with Crippen molar-refractivity contribution in [2.24, 2.45) is 0 Å². The molecule has 9 nitrogen and oxygen atoms in total. The van der Waals surface area contributed by atoms with Crippen LogP contribution in [0.3, 0.4) is 0 Å². The Morgan fingerprint density at radius 1 is 0.600 bits per heavy atom. The van der Waals surface area contributed by atoms with Gasteiger partial charge in [-0.3, -0.25) is 9.80 Å². The summed E-state index contributed by atoms with van der Waals surface area (Å²) >= 11 is 0. The molecule has 0 aromatic heterocycles. The zero-order chi connectivity index (χ0) is 28.0. The molecule has 2 saturated heterocycles. The SMILES string of the molecule is COc1ccc(N2CCN(CN(CN3CCN(c4ccc(OC)cc4)CC3)S(=O)(=O)c3ccccc3)CC2)cc1. The topological polar surface area (TPSA) is 68.8 Å². The molecule has 0 saturated carbocycles. The Labute approximate surface area is 238 Å².